The van der Waals surface area contributed by atoms with Crippen LogP contribution in [0.25, 0.3) is 0 Å². The summed E-state index contributed by atoms with van der Waals surface area (Å²) in [5.41, 5.74) is -0.731. The van der Waals surface area contributed by atoms with Gasteiger partial charge in [-0.3, -0.25) is 4.55 Å². The minimum atomic E-state index is -4.36. The summed E-state index contributed by atoms with van der Waals surface area (Å²) in [5, 5.41) is 0. The molecule has 0 saturated carbocycles. The minimum Gasteiger partial charge on any atom is -0.263 e. The molecule has 0 heterocycles. The summed E-state index contributed by atoms with van der Waals surface area (Å²) in [6.07, 6.45) is 10.0. The maximum absolute atomic E-state index is 10.4. The number of thiol groups is 1. The van der Waals surface area contributed by atoms with Gasteiger partial charge in [-0.25, -0.2) is 4.18 Å². The van der Waals surface area contributed by atoms with Gasteiger partial charge in [-0.15, -0.1) is 12.6 Å². The fourth-order valence-corrected chi connectivity index (χ4v) is 2.53. The van der Waals surface area contributed by atoms with Gasteiger partial charge in [-0.05, 0) is 12.8 Å². The largest absolute Gasteiger partial charge is 0.398 e. The van der Waals surface area contributed by atoms with Gasteiger partial charge in [0.2, 0.25) is 0 Å². The third kappa shape index (κ3) is 14.2. The third-order valence-electron chi connectivity index (χ3n) is 2.54. The highest BCUT2D eigenvalue weighted by Crippen LogP contribution is 2.14. The van der Waals surface area contributed by atoms with Gasteiger partial charge in [0.25, 0.3) is 0 Å². The highest BCUT2D eigenvalue weighted by Gasteiger charge is 2.12. The highest BCUT2D eigenvalue weighted by atomic mass is 32.3. The second-order valence-corrected chi connectivity index (χ2v) is 5.87. The zero-order chi connectivity index (χ0) is 13.1. The first-order chi connectivity index (χ1) is 7.95. The molecule has 0 radical (unpaired) electrons. The van der Waals surface area contributed by atoms with Crippen LogP contribution in [0.15, 0.2) is 0 Å². The van der Waals surface area contributed by atoms with Crippen molar-refractivity contribution < 1.29 is 17.2 Å². The molecular weight excluding hydrogens is 260 g/mol. The molecule has 1 atom stereocenters. The number of hydrogen-bond acceptors (Lipinski definition) is 4. The fraction of sp³-hybridized carbons (Fsp3) is 1.00. The van der Waals surface area contributed by atoms with Crippen molar-refractivity contribution in [1.29, 1.82) is 0 Å². The Morgan fingerprint density at radius 1 is 1.06 bits per heavy atom. The summed E-state index contributed by atoms with van der Waals surface area (Å²) < 4.78 is 33.4. The van der Waals surface area contributed by atoms with Crippen molar-refractivity contribution in [1.82, 2.24) is 0 Å². The smallest absolute Gasteiger partial charge is 0.263 e. The van der Waals surface area contributed by atoms with Crippen molar-refractivity contribution in [2.45, 2.75) is 70.1 Å². The average molecular weight is 284 g/mol. The van der Waals surface area contributed by atoms with Crippen molar-refractivity contribution >= 4 is 23.0 Å². The standard InChI is InChI=1S/C11H24O4S2/c1-2-3-4-5-6-7-8-9-10-11(16)15-17(12,13)14/h11,16H,2-10H2,1H3,(H,12,13,14). The number of hydrogen-bond donors (Lipinski definition) is 2. The summed E-state index contributed by atoms with van der Waals surface area (Å²) in [4.78, 5) is 0. The van der Waals surface area contributed by atoms with Crippen LogP contribution >= 0.6 is 12.6 Å². The van der Waals surface area contributed by atoms with Crippen LogP contribution in [-0.2, 0) is 14.6 Å². The second kappa shape index (κ2) is 10.2. The molecule has 4 nitrogen and oxygen atoms in total. The van der Waals surface area contributed by atoms with E-state index in [4.69, 9.17) is 4.55 Å². The Morgan fingerprint density at radius 2 is 1.53 bits per heavy atom. The van der Waals surface area contributed by atoms with Crippen molar-refractivity contribution in [3.63, 3.8) is 0 Å². The zero-order valence-electron chi connectivity index (χ0n) is 10.5. The first kappa shape index (κ1) is 17.2. The fourth-order valence-electron chi connectivity index (χ4n) is 1.64. The van der Waals surface area contributed by atoms with E-state index in [0.717, 1.165) is 19.3 Å². The van der Waals surface area contributed by atoms with E-state index in [9.17, 15) is 8.42 Å². The van der Waals surface area contributed by atoms with Crippen LogP contribution in [0.2, 0.25) is 0 Å². The van der Waals surface area contributed by atoms with E-state index in [-0.39, 0.29) is 0 Å². The molecule has 0 amide bonds. The van der Waals surface area contributed by atoms with Crippen LogP contribution in [0.5, 0.6) is 0 Å². The summed E-state index contributed by atoms with van der Waals surface area (Å²) in [6.45, 7) is 2.20. The van der Waals surface area contributed by atoms with Crippen molar-refractivity contribution in [3.05, 3.63) is 0 Å². The van der Waals surface area contributed by atoms with Crippen LogP contribution in [0.4, 0.5) is 0 Å². The maximum Gasteiger partial charge on any atom is 0.398 e. The van der Waals surface area contributed by atoms with E-state index in [0.29, 0.717) is 6.42 Å². The Morgan fingerprint density at radius 3 is 2.00 bits per heavy atom. The predicted octanol–water partition coefficient (Wildman–Crippen LogP) is 3.59. The van der Waals surface area contributed by atoms with Crippen LogP contribution in [0.3, 0.4) is 0 Å². The first-order valence-electron chi connectivity index (χ1n) is 6.29. The highest BCUT2D eigenvalue weighted by molar-refractivity contribution is 7.83. The maximum atomic E-state index is 10.4. The molecule has 104 valence electrons. The summed E-state index contributed by atoms with van der Waals surface area (Å²) in [5.74, 6) is 0. The molecule has 0 aliphatic rings. The molecule has 0 saturated heterocycles. The number of rotatable bonds is 11. The Kier molecular flexibility index (Phi) is 10.3. The molecule has 6 heteroatoms. The Balaban J connectivity index is 3.28. The van der Waals surface area contributed by atoms with Crippen LogP contribution < -0.4 is 0 Å². The molecule has 0 aliphatic heterocycles. The molecule has 17 heavy (non-hydrogen) atoms. The Labute approximate surface area is 110 Å². The molecule has 0 aliphatic carbocycles. The Bertz CT molecular complexity index is 265. The van der Waals surface area contributed by atoms with Gasteiger partial charge < -0.3 is 0 Å². The molecule has 1 N–H and O–H groups in total. The molecule has 0 fully saturated rings. The van der Waals surface area contributed by atoms with Gasteiger partial charge in [0.1, 0.15) is 5.44 Å². The molecular formula is C11H24O4S2. The van der Waals surface area contributed by atoms with Gasteiger partial charge in [0.05, 0.1) is 0 Å². The van der Waals surface area contributed by atoms with Gasteiger partial charge in [-0.2, -0.15) is 8.42 Å². The van der Waals surface area contributed by atoms with Crippen molar-refractivity contribution in [2.75, 3.05) is 0 Å². The SMILES string of the molecule is CCCCCCCCCCC(S)OS(=O)(=O)O. The lowest BCUT2D eigenvalue weighted by atomic mass is 10.1. The lowest BCUT2D eigenvalue weighted by Gasteiger charge is -2.08. The van der Waals surface area contributed by atoms with Crippen LogP contribution in [0.1, 0.15) is 64.7 Å². The van der Waals surface area contributed by atoms with Gasteiger partial charge in [0.15, 0.2) is 0 Å². The van der Waals surface area contributed by atoms with Crippen molar-refractivity contribution in [3.8, 4) is 0 Å². The first-order valence-corrected chi connectivity index (χ1v) is 8.17. The molecule has 1 unspecified atom stereocenters. The molecule has 0 spiro atoms. The molecule has 0 bridgehead atoms. The molecule has 0 aromatic heterocycles. The van der Waals surface area contributed by atoms with Crippen molar-refractivity contribution in [2.24, 2.45) is 0 Å². The lowest BCUT2D eigenvalue weighted by Crippen LogP contribution is -2.12. The van der Waals surface area contributed by atoms with E-state index in [1.807, 2.05) is 0 Å². The van der Waals surface area contributed by atoms with Gasteiger partial charge >= 0.3 is 10.4 Å². The molecule has 0 rings (SSSR count). The summed E-state index contributed by atoms with van der Waals surface area (Å²) in [6, 6.07) is 0. The molecule has 0 aromatic carbocycles. The summed E-state index contributed by atoms with van der Waals surface area (Å²) in [7, 11) is -4.36. The van der Waals surface area contributed by atoms with E-state index in [1.54, 1.807) is 0 Å². The van der Waals surface area contributed by atoms with Crippen LogP contribution in [-0.4, -0.2) is 18.4 Å². The van der Waals surface area contributed by atoms with E-state index in [2.05, 4.69) is 23.7 Å². The minimum absolute atomic E-state index is 0.540. The van der Waals surface area contributed by atoms with E-state index < -0.39 is 15.8 Å². The predicted molar refractivity (Wildman–Crippen MR) is 72.6 cm³/mol. The van der Waals surface area contributed by atoms with Crippen LogP contribution in [0, 0.1) is 0 Å². The lowest BCUT2D eigenvalue weighted by molar-refractivity contribution is 0.238. The number of unbranched alkanes of at least 4 members (excludes halogenated alkanes) is 7. The molecule has 0 aromatic rings. The third-order valence-corrected chi connectivity index (χ3v) is 3.52. The zero-order valence-corrected chi connectivity index (χ0v) is 12.2. The second-order valence-electron chi connectivity index (χ2n) is 4.24. The summed E-state index contributed by atoms with van der Waals surface area (Å²) >= 11 is 3.93. The van der Waals surface area contributed by atoms with E-state index >= 15 is 0 Å². The average Bonchev–Trinajstić information content (AvgIpc) is 2.19. The van der Waals surface area contributed by atoms with E-state index in [1.165, 1.54) is 32.1 Å². The quantitative estimate of drug-likeness (QED) is 0.263. The van der Waals surface area contributed by atoms with Gasteiger partial charge in [0, 0.05) is 0 Å². The monoisotopic (exact) mass is 284 g/mol. The normalized spacial score (nSPS) is 13.8. The topological polar surface area (TPSA) is 63.6 Å². The Hall–Kier alpha value is 0.220. The van der Waals surface area contributed by atoms with Gasteiger partial charge in [-0.1, -0.05) is 51.9 Å².